The zero-order chi connectivity index (χ0) is 17.9. The molecule has 0 radical (unpaired) electrons. The van der Waals surface area contributed by atoms with Crippen molar-refractivity contribution in [2.75, 3.05) is 32.8 Å². The molecule has 0 amide bonds. The Kier molecular flexibility index (Phi) is 16.0. The first-order chi connectivity index (χ1) is 11.5. The summed E-state index contributed by atoms with van der Waals surface area (Å²) in [6, 6.07) is 5.71. The average molecular weight is 411 g/mol. The van der Waals surface area contributed by atoms with Gasteiger partial charge in [-0.15, -0.1) is 0 Å². The normalized spacial score (nSPS) is 12.7. The summed E-state index contributed by atoms with van der Waals surface area (Å²) in [5.41, 5.74) is 0.792. The molecule has 0 bridgehead atoms. The van der Waals surface area contributed by atoms with E-state index in [1.165, 1.54) is 17.0 Å². The maximum Gasteiger partial charge on any atom is 0.369 e. The molecule has 7 heteroatoms. The third-order valence-corrected chi connectivity index (χ3v) is 4.59. The first-order valence-corrected chi connectivity index (χ1v) is 9.10. The summed E-state index contributed by atoms with van der Waals surface area (Å²) in [7, 11) is 0. The number of benzene rings is 1. The third-order valence-electron chi connectivity index (χ3n) is 4.59. The van der Waals surface area contributed by atoms with E-state index in [4.69, 9.17) is 4.74 Å². The lowest BCUT2D eigenvalue weighted by Gasteiger charge is -2.19. The Morgan fingerprint density at radius 3 is 2.23 bits per heavy atom. The quantitative estimate of drug-likeness (QED) is 0.358. The number of nitrogens with one attached hydrogen (secondary N) is 1. The fourth-order valence-electron chi connectivity index (χ4n) is 2.53. The predicted octanol–water partition coefficient (Wildman–Crippen LogP) is -5.05. The number of carbonyl (C=O) groups is 1. The van der Waals surface area contributed by atoms with Crippen LogP contribution in [0.4, 0.5) is 4.39 Å². The second-order valence-electron chi connectivity index (χ2n) is 6.40. The number of quaternary nitrogens is 2. The Balaban J connectivity index is 0. The van der Waals surface area contributed by atoms with Gasteiger partial charge in [0, 0.05) is 5.56 Å². The highest BCUT2D eigenvalue weighted by Crippen LogP contribution is 2.13. The number of halogens is 3. The van der Waals surface area contributed by atoms with Crippen LogP contribution in [0.25, 0.3) is 0 Å². The molecule has 0 heterocycles. The number of ether oxygens (including phenoxy) is 1. The minimum Gasteiger partial charge on any atom is -1.00 e. The standard InChI is InChI=1S/C19H31FN2O2.2ClH/c1-5-15(4)14-24-19(23)18(16-8-10-17(20)11-9-16)21-12-13-22(6-2)7-3;;/h8-11,15,18,21H,5-7,12-14H2,1-4H3;2*1H. The molecular weight excluding hydrogens is 378 g/mol. The van der Waals surface area contributed by atoms with Crippen LogP contribution < -0.4 is 35.0 Å². The van der Waals surface area contributed by atoms with Crippen molar-refractivity contribution < 1.29 is 49.0 Å². The second kappa shape index (κ2) is 15.2. The fourth-order valence-corrected chi connectivity index (χ4v) is 2.53. The van der Waals surface area contributed by atoms with E-state index in [0.29, 0.717) is 12.5 Å². The van der Waals surface area contributed by atoms with Crippen LogP contribution in [0.1, 0.15) is 45.7 Å². The van der Waals surface area contributed by atoms with E-state index in [9.17, 15) is 9.18 Å². The van der Waals surface area contributed by atoms with Crippen molar-refractivity contribution in [2.24, 2.45) is 5.92 Å². The largest absolute Gasteiger partial charge is 1.00 e. The minimum atomic E-state index is -0.426. The summed E-state index contributed by atoms with van der Waals surface area (Å²) in [4.78, 5) is 14.0. The van der Waals surface area contributed by atoms with Crippen molar-refractivity contribution in [1.29, 1.82) is 0 Å². The molecule has 0 aliphatic heterocycles. The van der Waals surface area contributed by atoms with Gasteiger partial charge in [-0.1, -0.05) is 20.3 Å². The number of likely N-dealkylation sites (N-methyl/N-ethyl adjacent to an activating group) is 1. The van der Waals surface area contributed by atoms with Gasteiger partial charge in [0.1, 0.15) is 18.9 Å². The molecule has 0 fully saturated rings. The minimum absolute atomic E-state index is 0. The molecule has 0 saturated heterocycles. The lowest BCUT2D eigenvalue weighted by Crippen LogP contribution is -3.14. The van der Waals surface area contributed by atoms with Gasteiger partial charge in [-0.25, -0.2) is 9.18 Å². The van der Waals surface area contributed by atoms with Gasteiger partial charge in [-0.05, 0) is 44.0 Å². The summed E-state index contributed by atoms with van der Waals surface area (Å²) in [6.07, 6.45) is 0.976. The van der Waals surface area contributed by atoms with Gasteiger partial charge in [0.05, 0.1) is 19.7 Å². The van der Waals surface area contributed by atoms with Crippen LogP contribution in [-0.2, 0) is 9.53 Å². The summed E-state index contributed by atoms with van der Waals surface area (Å²) < 4.78 is 18.7. The highest BCUT2D eigenvalue weighted by molar-refractivity contribution is 5.75. The molecule has 152 valence electrons. The molecular formula is C19H33Cl2FN2O2. The van der Waals surface area contributed by atoms with Crippen LogP contribution in [0.2, 0.25) is 0 Å². The number of esters is 1. The van der Waals surface area contributed by atoms with Crippen LogP contribution in [-0.4, -0.2) is 38.8 Å². The first-order valence-electron chi connectivity index (χ1n) is 9.10. The summed E-state index contributed by atoms with van der Waals surface area (Å²) in [6.45, 7) is 12.9. The van der Waals surface area contributed by atoms with E-state index < -0.39 is 6.04 Å². The monoisotopic (exact) mass is 410 g/mol. The van der Waals surface area contributed by atoms with Gasteiger partial charge in [0.25, 0.3) is 0 Å². The van der Waals surface area contributed by atoms with Crippen LogP contribution in [0.15, 0.2) is 24.3 Å². The molecule has 2 atom stereocenters. The van der Waals surface area contributed by atoms with Crippen molar-refractivity contribution in [2.45, 2.75) is 40.2 Å². The van der Waals surface area contributed by atoms with Crippen molar-refractivity contribution in [3.05, 3.63) is 35.6 Å². The highest BCUT2D eigenvalue weighted by atomic mass is 35.5. The molecule has 0 aliphatic rings. The van der Waals surface area contributed by atoms with E-state index in [1.807, 2.05) is 5.32 Å². The highest BCUT2D eigenvalue weighted by Gasteiger charge is 2.26. The van der Waals surface area contributed by atoms with Crippen molar-refractivity contribution in [3.8, 4) is 0 Å². The van der Waals surface area contributed by atoms with Gasteiger partial charge >= 0.3 is 5.97 Å². The van der Waals surface area contributed by atoms with Crippen molar-refractivity contribution in [3.63, 3.8) is 0 Å². The Hall–Kier alpha value is -0.880. The van der Waals surface area contributed by atoms with Crippen molar-refractivity contribution >= 4 is 5.97 Å². The van der Waals surface area contributed by atoms with E-state index in [1.54, 1.807) is 12.1 Å². The first kappa shape index (κ1) is 27.3. The van der Waals surface area contributed by atoms with E-state index in [-0.39, 0.29) is 36.6 Å². The van der Waals surface area contributed by atoms with Gasteiger partial charge in [-0.3, -0.25) is 0 Å². The van der Waals surface area contributed by atoms with Crippen LogP contribution in [0.5, 0.6) is 0 Å². The molecule has 1 rings (SSSR count). The third kappa shape index (κ3) is 9.72. The molecule has 26 heavy (non-hydrogen) atoms. The number of hydrogen-bond acceptors (Lipinski definition) is 2. The molecule has 0 spiro atoms. The predicted molar refractivity (Wildman–Crippen MR) is 93.3 cm³/mol. The van der Waals surface area contributed by atoms with E-state index in [0.717, 1.165) is 38.2 Å². The lowest BCUT2D eigenvalue weighted by molar-refractivity contribution is -0.910. The van der Waals surface area contributed by atoms with Crippen LogP contribution >= 0.6 is 0 Å². The molecule has 0 aliphatic carbocycles. The molecule has 0 aromatic heterocycles. The molecule has 3 N–H and O–H groups in total. The maximum atomic E-state index is 13.2. The average Bonchev–Trinajstić information content (AvgIpc) is 2.60. The molecule has 2 unspecified atom stereocenters. The van der Waals surface area contributed by atoms with Gasteiger partial charge in [-0.2, -0.15) is 0 Å². The lowest BCUT2D eigenvalue weighted by atomic mass is 10.1. The number of nitrogens with two attached hydrogens (primary N) is 1. The second-order valence-corrected chi connectivity index (χ2v) is 6.40. The molecule has 0 saturated carbocycles. The fraction of sp³-hybridized carbons (Fsp3) is 0.632. The molecule has 1 aromatic rings. The number of rotatable bonds is 11. The van der Waals surface area contributed by atoms with Gasteiger partial charge < -0.3 is 39.8 Å². The zero-order valence-corrected chi connectivity index (χ0v) is 17.7. The Labute approximate surface area is 169 Å². The van der Waals surface area contributed by atoms with E-state index in [2.05, 4.69) is 27.7 Å². The Bertz CT molecular complexity index is 485. The van der Waals surface area contributed by atoms with Crippen LogP contribution in [0.3, 0.4) is 0 Å². The Morgan fingerprint density at radius 2 is 1.73 bits per heavy atom. The maximum absolute atomic E-state index is 13.2. The SMILES string of the molecule is CCC(C)COC(=O)C([NH2+]CC[NH+](CC)CC)c1ccc(F)cc1.[Cl-].[Cl-]. The number of hydrogen-bond donors (Lipinski definition) is 2. The topological polar surface area (TPSA) is 47.3 Å². The van der Waals surface area contributed by atoms with E-state index >= 15 is 0 Å². The number of carbonyl (C=O) groups excluding carboxylic acids is 1. The Morgan fingerprint density at radius 1 is 1.15 bits per heavy atom. The van der Waals surface area contributed by atoms with Crippen LogP contribution in [0, 0.1) is 11.7 Å². The zero-order valence-electron chi connectivity index (χ0n) is 16.2. The summed E-state index contributed by atoms with van der Waals surface area (Å²) in [5.74, 6) is -0.183. The molecule has 4 nitrogen and oxygen atoms in total. The molecule has 1 aromatic carbocycles. The van der Waals surface area contributed by atoms with Crippen molar-refractivity contribution in [1.82, 2.24) is 0 Å². The smallest absolute Gasteiger partial charge is 0.369 e. The summed E-state index contributed by atoms with van der Waals surface area (Å²) >= 11 is 0. The van der Waals surface area contributed by atoms with Gasteiger partial charge in [0.15, 0.2) is 0 Å². The summed E-state index contributed by atoms with van der Waals surface area (Å²) in [5, 5.41) is 2.01. The van der Waals surface area contributed by atoms with Gasteiger partial charge in [0.2, 0.25) is 6.04 Å².